The van der Waals surface area contributed by atoms with Crippen molar-refractivity contribution < 1.29 is 4.52 Å². The number of guanidine groups is 1. The summed E-state index contributed by atoms with van der Waals surface area (Å²) in [6.07, 6.45) is 1.72. The van der Waals surface area contributed by atoms with Crippen molar-refractivity contribution in [3.05, 3.63) is 17.0 Å². The number of likely N-dealkylation sites (N-methyl/N-ethyl adjacent to an activating group) is 1. The van der Waals surface area contributed by atoms with Crippen molar-refractivity contribution in [1.29, 1.82) is 0 Å². The topological polar surface area (TPSA) is 68.9 Å². The summed E-state index contributed by atoms with van der Waals surface area (Å²) in [5.74, 6) is 2.41. The minimum atomic E-state index is 0.505. The molecule has 2 rings (SSSR count). The zero-order valence-corrected chi connectivity index (χ0v) is 18.7. The van der Waals surface area contributed by atoms with Crippen LogP contribution in [0.25, 0.3) is 0 Å². The molecule has 1 aliphatic heterocycles. The summed E-state index contributed by atoms with van der Waals surface area (Å²) in [6.45, 7) is 17.8. The third kappa shape index (κ3) is 6.21. The van der Waals surface area contributed by atoms with Crippen molar-refractivity contribution in [3.8, 4) is 0 Å². The maximum atomic E-state index is 5.48. The first-order valence-electron chi connectivity index (χ1n) is 10.9. The van der Waals surface area contributed by atoms with Gasteiger partial charge in [-0.1, -0.05) is 32.9 Å². The first kappa shape index (κ1) is 22.7. The molecular weight excluding hydrogens is 352 g/mol. The highest BCUT2D eigenvalue weighted by molar-refractivity contribution is 5.79. The standard InChI is InChI=1S/C21H40N6O/c1-7-18-17(20(8-2)28-25-18)14-23-21(22-9-3)24-15-19(16(4)5)27-12-10-26(6)11-13-27/h16,19H,7-15H2,1-6H3,(H2,22,23,24). The predicted molar refractivity (Wildman–Crippen MR) is 116 cm³/mol. The molecule has 0 radical (unpaired) electrons. The maximum Gasteiger partial charge on any atom is 0.191 e. The van der Waals surface area contributed by atoms with E-state index in [0.29, 0.717) is 18.5 Å². The number of hydrogen-bond acceptors (Lipinski definition) is 5. The van der Waals surface area contributed by atoms with Crippen molar-refractivity contribution in [2.75, 3.05) is 46.3 Å². The van der Waals surface area contributed by atoms with Crippen LogP contribution in [0, 0.1) is 5.92 Å². The molecular formula is C21H40N6O. The van der Waals surface area contributed by atoms with E-state index >= 15 is 0 Å². The minimum Gasteiger partial charge on any atom is -0.361 e. The van der Waals surface area contributed by atoms with Gasteiger partial charge in [-0.15, -0.1) is 0 Å². The quantitative estimate of drug-likeness (QED) is 0.496. The van der Waals surface area contributed by atoms with Gasteiger partial charge in [0, 0.05) is 57.3 Å². The monoisotopic (exact) mass is 392 g/mol. The molecule has 2 heterocycles. The molecule has 0 aliphatic carbocycles. The van der Waals surface area contributed by atoms with Crippen LogP contribution in [0.15, 0.2) is 9.52 Å². The number of aromatic nitrogens is 1. The molecule has 7 nitrogen and oxygen atoms in total. The summed E-state index contributed by atoms with van der Waals surface area (Å²) in [5.41, 5.74) is 2.16. The van der Waals surface area contributed by atoms with Crippen LogP contribution in [0.4, 0.5) is 0 Å². The second-order valence-electron chi connectivity index (χ2n) is 7.96. The molecule has 1 fully saturated rings. The van der Waals surface area contributed by atoms with Gasteiger partial charge in [0.05, 0.1) is 12.2 Å². The first-order valence-corrected chi connectivity index (χ1v) is 10.9. The van der Waals surface area contributed by atoms with Gasteiger partial charge >= 0.3 is 0 Å². The zero-order chi connectivity index (χ0) is 20.5. The number of aliphatic imine (C=N–C) groups is 1. The Kier molecular flexibility index (Phi) is 9.25. The second kappa shape index (κ2) is 11.4. The molecule has 0 saturated carbocycles. The van der Waals surface area contributed by atoms with Crippen molar-refractivity contribution in [2.45, 2.75) is 60.0 Å². The molecule has 1 aromatic rings. The van der Waals surface area contributed by atoms with Crippen LogP contribution >= 0.6 is 0 Å². The average molecular weight is 393 g/mol. The highest BCUT2D eigenvalue weighted by atomic mass is 16.5. The second-order valence-corrected chi connectivity index (χ2v) is 7.96. The molecule has 0 bridgehead atoms. The normalized spacial score (nSPS) is 17.9. The largest absolute Gasteiger partial charge is 0.361 e. The van der Waals surface area contributed by atoms with E-state index < -0.39 is 0 Å². The van der Waals surface area contributed by atoms with Crippen LogP contribution in [0.5, 0.6) is 0 Å². The number of hydrogen-bond donors (Lipinski definition) is 2. The molecule has 2 N–H and O–H groups in total. The Balaban J connectivity index is 2.02. The van der Waals surface area contributed by atoms with Gasteiger partial charge in [0.2, 0.25) is 0 Å². The van der Waals surface area contributed by atoms with Gasteiger partial charge in [0.25, 0.3) is 0 Å². The number of nitrogens with one attached hydrogen (secondary N) is 2. The summed E-state index contributed by atoms with van der Waals surface area (Å²) < 4.78 is 5.48. The van der Waals surface area contributed by atoms with E-state index in [-0.39, 0.29) is 0 Å². The third-order valence-corrected chi connectivity index (χ3v) is 5.60. The Morgan fingerprint density at radius 1 is 1.11 bits per heavy atom. The van der Waals surface area contributed by atoms with Crippen LogP contribution in [0.1, 0.15) is 51.6 Å². The molecule has 1 atom stereocenters. The van der Waals surface area contributed by atoms with Gasteiger partial charge in [-0.05, 0) is 26.3 Å². The van der Waals surface area contributed by atoms with Crippen molar-refractivity contribution in [1.82, 2.24) is 25.6 Å². The lowest BCUT2D eigenvalue weighted by atomic mass is 10.0. The summed E-state index contributed by atoms with van der Waals surface area (Å²) in [4.78, 5) is 9.85. The van der Waals surface area contributed by atoms with E-state index in [1.165, 1.54) is 0 Å². The molecule has 7 heteroatoms. The number of rotatable bonds is 9. The van der Waals surface area contributed by atoms with Gasteiger partial charge in [0.1, 0.15) is 5.76 Å². The summed E-state index contributed by atoms with van der Waals surface area (Å²) >= 11 is 0. The number of nitrogens with zero attached hydrogens (tertiary/aromatic N) is 4. The Morgan fingerprint density at radius 3 is 2.39 bits per heavy atom. The van der Waals surface area contributed by atoms with Gasteiger partial charge in [-0.25, -0.2) is 4.99 Å². The van der Waals surface area contributed by atoms with Crippen LogP contribution < -0.4 is 10.6 Å². The van der Waals surface area contributed by atoms with Gasteiger partial charge in [-0.2, -0.15) is 0 Å². The molecule has 160 valence electrons. The Morgan fingerprint density at radius 2 is 1.82 bits per heavy atom. The first-order chi connectivity index (χ1) is 13.5. The maximum absolute atomic E-state index is 5.48. The molecule has 0 aromatic carbocycles. The minimum absolute atomic E-state index is 0.505. The average Bonchev–Trinajstić information content (AvgIpc) is 3.09. The molecule has 1 aromatic heterocycles. The number of aryl methyl sites for hydroxylation is 2. The lowest BCUT2D eigenvalue weighted by molar-refractivity contribution is 0.0900. The molecule has 1 saturated heterocycles. The fraction of sp³-hybridized carbons (Fsp3) is 0.810. The van der Waals surface area contributed by atoms with E-state index in [2.05, 4.69) is 67.3 Å². The van der Waals surface area contributed by atoms with Gasteiger partial charge < -0.3 is 20.1 Å². The molecule has 0 spiro atoms. The van der Waals surface area contributed by atoms with Crippen LogP contribution in [-0.4, -0.2) is 73.3 Å². The summed E-state index contributed by atoms with van der Waals surface area (Å²) in [7, 11) is 2.20. The zero-order valence-electron chi connectivity index (χ0n) is 18.7. The van der Waals surface area contributed by atoms with E-state index in [1.54, 1.807) is 0 Å². The Hall–Kier alpha value is -1.60. The van der Waals surface area contributed by atoms with Gasteiger partial charge in [0.15, 0.2) is 5.96 Å². The summed E-state index contributed by atoms with van der Waals surface area (Å²) in [5, 5.41) is 11.2. The highest BCUT2D eigenvalue weighted by Gasteiger charge is 2.25. The van der Waals surface area contributed by atoms with Crippen LogP contribution in [0.2, 0.25) is 0 Å². The van der Waals surface area contributed by atoms with E-state index in [4.69, 9.17) is 9.52 Å². The lowest BCUT2D eigenvalue weighted by Gasteiger charge is -2.40. The van der Waals surface area contributed by atoms with Crippen LogP contribution in [0.3, 0.4) is 0 Å². The van der Waals surface area contributed by atoms with Gasteiger partial charge in [-0.3, -0.25) is 4.90 Å². The van der Waals surface area contributed by atoms with E-state index in [0.717, 1.165) is 75.1 Å². The smallest absolute Gasteiger partial charge is 0.191 e. The van der Waals surface area contributed by atoms with Crippen LogP contribution in [-0.2, 0) is 19.4 Å². The van der Waals surface area contributed by atoms with E-state index in [9.17, 15) is 0 Å². The van der Waals surface area contributed by atoms with Crippen molar-refractivity contribution in [3.63, 3.8) is 0 Å². The number of piperazine rings is 1. The molecule has 1 aliphatic rings. The highest BCUT2D eigenvalue weighted by Crippen LogP contribution is 2.17. The fourth-order valence-electron chi connectivity index (χ4n) is 3.76. The van der Waals surface area contributed by atoms with Crippen molar-refractivity contribution >= 4 is 5.96 Å². The molecule has 0 amide bonds. The van der Waals surface area contributed by atoms with E-state index in [1.807, 2.05) is 0 Å². The SMILES string of the molecule is CCNC(=NCc1c(CC)noc1CC)NCC(C(C)C)N1CCN(C)CC1. The predicted octanol–water partition coefficient (Wildman–Crippen LogP) is 2.13. The Bertz CT molecular complexity index is 583. The molecule has 28 heavy (non-hydrogen) atoms. The summed E-state index contributed by atoms with van der Waals surface area (Å²) in [6, 6.07) is 0.505. The van der Waals surface area contributed by atoms with Crippen molar-refractivity contribution in [2.24, 2.45) is 10.9 Å². The third-order valence-electron chi connectivity index (χ3n) is 5.60. The Labute approximate surface area is 170 Å². The molecule has 1 unspecified atom stereocenters. The lowest BCUT2D eigenvalue weighted by Crippen LogP contribution is -2.55. The fourth-order valence-corrected chi connectivity index (χ4v) is 3.76.